The molecular formula is C23H23LiO2P. The minimum Gasteiger partial charge on any atom is -0.457 e. The standard InChI is InChI=1S/C23H23O2P.Li/c1-15-14-16(2)22(18(4)17(15)3)23(24)26-21-12-10-20(11-13-21)25-19-8-6-5-7-9-19;/h5-14,26H,1-4H3;. The number of ether oxygens (including phenoxy) is 1. The van der Waals surface area contributed by atoms with Gasteiger partial charge in [0.1, 0.15) is 11.5 Å². The zero-order chi connectivity index (χ0) is 18.7. The van der Waals surface area contributed by atoms with Crippen LogP contribution < -0.4 is 10.0 Å². The maximum absolute atomic E-state index is 12.9. The molecule has 0 saturated heterocycles. The molecule has 0 aliphatic carbocycles. The minimum absolute atomic E-state index is 0. The molecule has 1 radical (unpaired) electrons. The maximum Gasteiger partial charge on any atom is 0.186 e. The van der Waals surface area contributed by atoms with Gasteiger partial charge in [-0.15, -0.1) is 0 Å². The van der Waals surface area contributed by atoms with Gasteiger partial charge in [0.2, 0.25) is 0 Å². The summed E-state index contributed by atoms with van der Waals surface area (Å²) in [7, 11) is 0.111. The molecule has 1 atom stereocenters. The Balaban J connectivity index is 0.00000261. The Hall–Kier alpha value is -1.84. The smallest absolute Gasteiger partial charge is 0.186 e. The van der Waals surface area contributed by atoms with E-state index in [4.69, 9.17) is 4.74 Å². The molecule has 0 bridgehead atoms. The number of hydrogen-bond donors (Lipinski definition) is 0. The first-order chi connectivity index (χ1) is 12.5. The molecule has 3 rings (SSSR count). The first-order valence-electron chi connectivity index (χ1n) is 8.67. The van der Waals surface area contributed by atoms with Crippen LogP contribution in [-0.2, 0) is 0 Å². The normalized spacial score (nSPS) is 10.7. The number of carbonyl (C=O) groups excluding carboxylic acids is 1. The largest absolute Gasteiger partial charge is 0.457 e. The molecule has 1 unspecified atom stereocenters. The van der Waals surface area contributed by atoms with Crippen molar-refractivity contribution in [3.05, 3.63) is 88.5 Å². The topological polar surface area (TPSA) is 26.3 Å². The van der Waals surface area contributed by atoms with Gasteiger partial charge in [-0.1, -0.05) is 36.4 Å². The quantitative estimate of drug-likeness (QED) is 0.440. The van der Waals surface area contributed by atoms with Crippen LogP contribution in [0.4, 0.5) is 0 Å². The Bertz CT molecular complexity index is 935. The summed E-state index contributed by atoms with van der Waals surface area (Å²) in [4.78, 5) is 12.9. The molecule has 4 heteroatoms. The third kappa shape index (κ3) is 5.11. The van der Waals surface area contributed by atoms with E-state index in [1.54, 1.807) is 0 Å². The van der Waals surface area contributed by atoms with E-state index in [9.17, 15) is 4.79 Å². The zero-order valence-electron chi connectivity index (χ0n) is 16.6. The third-order valence-electron chi connectivity index (χ3n) is 4.67. The van der Waals surface area contributed by atoms with Crippen LogP contribution in [-0.4, -0.2) is 24.4 Å². The van der Waals surface area contributed by atoms with E-state index in [0.717, 1.165) is 33.5 Å². The number of benzene rings is 3. The van der Waals surface area contributed by atoms with Gasteiger partial charge in [0.25, 0.3) is 0 Å². The first-order valence-corrected chi connectivity index (χ1v) is 9.67. The molecule has 0 saturated carbocycles. The molecule has 0 fully saturated rings. The second kappa shape index (κ2) is 9.38. The van der Waals surface area contributed by atoms with E-state index in [1.165, 1.54) is 11.1 Å². The number of carbonyl (C=O) groups is 1. The van der Waals surface area contributed by atoms with Gasteiger partial charge < -0.3 is 4.74 Å². The van der Waals surface area contributed by atoms with Crippen molar-refractivity contribution < 1.29 is 9.53 Å². The van der Waals surface area contributed by atoms with Gasteiger partial charge >= 0.3 is 0 Å². The summed E-state index contributed by atoms with van der Waals surface area (Å²) in [5, 5.41) is 1.02. The molecule has 3 aromatic rings. The number of hydrogen-bond acceptors (Lipinski definition) is 2. The molecule has 0 aliphatic heterocycles. The van der Waals surface area contributed by atoms with Crippen molar-refractivity contribution in [3.63, 3.8) is 0 Å². The van der Waals surface area contributed by atoms with Crippen LogP contribution in [0.2, 0.25) is 0 Å². The molecule has 0 aliphatic rings. The molecule has 0 aromatic heterocycles. The van der Waals surface area contributed by atoms with Crippen LogP contribution in [0.15, 0.2) is 60.7 Å². The Labute approximate surface area is 175 Å². The van der Waals surface area contributed by atoms with Gasteiger partial charge in [-0.3, -0.25) is 4.79 Å². The van der Waals surface area contributed by atoms with Crippen molar-refractivity contribution in [2.24, 2.45) is 0 Å². The second-order valence-electron chi connectivity index (χ2n) is 6.53. The van der Waals surface area contributed by atoms with E-state index in [0.29, 0.717) is 0 Å². The molecule has 0 spiro atoms. The molecule has 133 valence electrons. The van der Waals surface area contributed by atoms with E-state index in [-0.39, 0.29) is 33.0 Å². The summed E-state index contributed by atoms with van der Waals surface area (Å²) < 4.78 is 5.81. The van der Waals surface area contributed by atoms with Crippen molar-refractivity contribution in [2.45, 2.75) is 27.7 Å². The average molecular weight is 369 g/mol. The fraction of sp³-hybridized carbons (Fsp3) is 0.174. The van der Waals surface area contributed by atoms with Crippen molar-refractivity contribution in [1.29, 1.82) is 0 Å². The van der Waals surface area contributed by atoms with E-state index in [1.807, 2.05) is 68.4 Å². The number of para-hydroxylation sites is 1. The summed E-state index contributed by atoms with van der Waals surface area (Å²) in [6, 6.07) is 19.6. The Morgan fingerprint density at radius 3 is 2.00 bits per heavy atom. The van der Waals surface area contributed by atoms with Crippen LogP contribution in [0.1, 0.15) is 32.6 Å². The monoisotopic (exact) mass is 369 g/mol. The SMILES string of the molecule is Cc1cc(C)c(C(=O)Pc2ccc(Oc3ccccc3)cc2)c(C)c1C.[Li]. The fourth-order valence-corrected chi connectivity index (χ4v) is 4.16. The van der Waals surface area contributed by atoms with E-state index in [2.05, 4.69) is 19.9 Å². The van der Waals surface area contributed by atoms with Gasteiger partial charge in [0, 0.05) is 24.4 Å². The van der Waals surface area contributed by atoms with E-state index >= 15 is 0 Å². The van der Waals surface area contributed by atoms with Crippen LogP contribution in [0.25, 0.3) is 0 Å². The van der Waals surface area contributed by atoms with Crippen molar-refractivity contribution >= 4 is 38.3 Å². The van der Waals surface area contributed by atoms with Gasteiger partial charge in [0.15, 0.2) is 5.52 Å². The van der Waals surface area contributed by atoms with Gasteiger partial charge in [0.05, 0.1) is 0 Å². The summed E-state index contributed by atoms with van der Waals surface area (Å²) in [6.07, 6.45) is 0. The Morgan fingerprint density at radius 2 is 1.37 bits per heavy atom. The first kappa shape index (κ1) is 21.5. The zero-order valence-corrected chi connectivity index (χ0v) is 17.6. The van der Waals surface area contributed by atoms with Crippen molar-refractivity contribution in [1.82, 2.24) is 0 Å². The molecule has 0 amide bonds. The van der Waals surface area contributed by atoms with Crippen molar-refractivity contribution in [3.8, 4) is 11.5 Å². The molecule has 0 heterocycles. The van der Waals surface area contributed by atoms with Crippen LogP contribution in [0, 0.1) is 27.7 Å². The van der Waals surface area contributed by atoms with Gasteiger partial charge in [-0.25, -0.2) is 0 Å². The van der Waals surface area contributed by atoms with Crippen LogP contribution >= 0.6 is 8.58 Å². The van der Waals surface area contributed by atoms with Crippen molar-refractivity contribution in [2.75, 3.05) is 0 Å². The number of rotatable bonds is 5. The summed E-state index contributed by atoms with van der Waals surface area (Å²) >= 11 is 0. The van der Waals surface area contributed by atoms with Crippen LogP contribution in [0.5, 0.6) is 11.5 Å². The predicted octanol–water partition coefficient (Wildman–Crippen LogP) is 5.48. The summed E-state index contributed by atoms with van der Waals surface area (Å²) in [6.45, 7) is 8.24. The number of aryl methyl sites for hydroxylation is 2. The predicted molar refractivity (Wildman–Crippen MR) is 116 cm³/mol. The maximum atomic E-state index is 12.9. The van der Waals surface area contributed by atoms with E-state index < -0.39 is 0 Å². The Kier molecular flexibility index (Phi) is 7.46. The third-order valence-corrected chi connectivity index (χ3v) is 5.77. The molecule has 0 N–H and O–H groups in total. The Morgan fingerprint density at radius 1 is 0.778 bits per heavy atom. The second-order valence-corrected chi connectivity index (χ2v) is 7.81. The molecular weight excluding hydrogens is 346 g/mol. The summed E-state index contributed by atoms with van der Waals surface area (Å²) in [5.41, 5.74) is 5.67. The molecule has 27 heavy (non-hydrogen) atoms. The van der Waals surface area contributed by atoms with Gasteiger partial charge in [-0.2, -0.15) is 0 Å². The van der Waals surface area contributed by atoms with Gasteiger partial charge in [-0.05, 0) is 88.1 Å². The molecule has 2 nitrogen and oxygen atoms in total. The molecule has 3 aromatic carbocycles. The fourth-order valence-electron chi connectivity index (χ4n) is 3.06. The summed E-state index contributed by atoms with van der Waals surface area (Å²) in [5.74, 6) is 1.58. The minimum atomic E-state index is 0. The van der Waals surface area contributed by atoms with Crippen LogP contribution in [0.3, 0.4) is 0 Å². The average Bonchev–Trinajstić information content (AvgIpc) is 2.62.